The number of nitrogen functional groups attached to an aromatic ring is 1. The van der Waals surface area contributed by atoms with E-state index >= 15 is 0 Å². The van der Waals surface area contributed by atoms with E-state index in [1.165, 1.54) is 5.69 Å². The van der Waals surface area contributed by atoms with Gasteiger partial charge in [-0.15, -0.1) is 0 Å². The standard InChI is InChI=1S/C12H15N3/c1-9-10(2)15(8-14-9)7-11-5-3-4-6-12(11)13/h3-6,8H,7,13H2,1-2H3. The van der Waals surface area contributed by atoms with E-state index < -0.39 is 0 Å². The van der Waals surface area contributed by atoms with E-state index in [-0.39, 0.29) is 0 Å². The Balaban J connectivity index is 2.30. The number of nitrogens with two attached hydrogens (primary N) is 1. The van der Waals surface area contributed by atoms with Crippen molar-refractivity contribution < 1.29 is 0 Å². The minimum absolute atomic E-state index is 0.791. The minimum atomic E-state index is 0.791. The van der Waals surface area contributed by atoms with Crippen LogP contribution in [0.15, 0.2) is 30.6 Å². The minimum Gasteiger partial charge on any atom is -0.398 e. The fourth-order valence-corrected chi connectivity index (χ4v) is 1.57. The molecule has 0 aliphatic heterocycles. The van der Waals surface area contributed by atoms with Crippen LogP contribution in [0.2, 0.25) is 0 Å². The van der Waals surface area contributed by atoms with Gasteiger partial charge >= 0.3 is 0 Å². The average molecular weight is 201 g/mol. The molecule has 78 valence electrons. The fourth-order valence-electron chi connectivity index (χ4n) is 1.57. The lowest BCUT2D eigenvalue weighted by atomic mass is 10.2. The summed E-state index contributed by atoms with van der Waals surface area (Å²) < 4.78 is 2.11. The van der Waals surface area contributed by atoms with Gasteiger partial charge in [0.15, 0.2) is 0 Å². The third kappa shape index (κ3) is 1.86. The lowest BCUT2D eigenvalue weighted by Crippen LogP contribution is -2.03. The zero-order valence-electron chi connectivity index (χ0n) is 9.07. The monoisotopic (exact) mass is 201 g/mol. The topological polar surface area (TPSA) is 43.8 Å². The van der Waals surface area contributed by atoms with Crippen LogP contribution in [0.1, 0.15) is 17.0 Å². The normalized spacial score (nSPS) is 10.5. The number of hydrogen-bond donors (Lipinski definition) is 1. The van der Waals surface area contributed by atoms with Crippen LogP contribution in [0.3, 0.4) is 0 Å². The lowest BCUT2D eigenvalue weighted by Gasteiger charge is -2.08. The molecule has 0 atom stereocenters. The molecule has 1 aromatic heterocycles. The van der Waals surface area contributed by atoms with E-state index in [9.17, 15) is 0 Å². The number of anilines is 1. The third-order valence-corrected chi connectivity index (χ3v) is 2.74. The summed E-state index contributed by atoms with van der Waals surface area (Å²) in [6, 6.07) is 7.92. The number of rotatable bonds is 2. The zero-order valence-corrected chi connectivity index (χ0v) is 9.07. The second kappa shape index (κ2) is 3.77. The van der Waals surface area contributed by atoms with Crippen molar-refractivity contribution in [1.82, 2.24) is 9.55 Å². The lowest BCUT2D eigenvalue weighted by molar-refractivity contribution is 0.770. The third-order valence-electron chi connectivity index (χ3n) is 2.74. The van der Waals surface area contributed by atoms with Crippen molar-refractivity contribution in [1.29, 1.82) is 0 Å². The summed E-state index contributed by atoms with van der Waals surface area (Å²) in [5, 5.41) is 0. The highest BCUT2D eigenvalue weighted by atomic mass is 15.0. The summed E-state index contributed by atoms with van der Waals surface area (Å²) in [6.07, 6.45) is 1.86. The smallest absolute Gasteiger partial charge is 0.0954 e. The Morgan fingerprint density at radius 3 is 2.60 bits per heavy atom. The Morgan fingerprint density at radius 1 is 1.27 bits per heavy atom. The Hall–Kier alpha value is -1.77. The first-order valence-electron chi connectivity index (χ1n) is 5.00. The summed E-state index contributed by atoms with van der Waals surface area (Å²) in [7, 11) is 0. The van der Waals surface area contributed by atoms with Gasteiger partial charge in [0.25, 0.3) is 0 Å². The molecule has 0 amide bonds. The molecule has 0 spiro atoms. The molecular weight excluding hydrogens is 186 g/mol. The number of nitrogens with zero attached hydrogens (tertiary/aromatic N) is 2. The maximum Gasteiger partial charge on any atom is 0.0954 e. The van der Waals surface area contributed by atoms with Crippen molar-refractivity contribution in [3.05, 3.63) is 47.5 Å². The van der Waals surface area contributed by atoms with E-state index in [1.807, 2.05) is 37.5 Å². The summed E-state index contributed by atoms with van der Waals surface area (Å²) in [5.74, 6) is 0. The fraction of sp³-hybridized carbons (Fsp3) is 0.250. The largest absolute Gasteiger partial charge is 0.398 e. The van der Waals surface area contributed by atoms with Crippen LogP contribution in [0.5, 0.6) is 0 Å². The van der Waals surface area contributed by atoms with Crippen molar-refractivity contribution >= 4 is 5.69 Å². The highest BCUT2D eigenvalue weighted by Gasteiger charge is 2.04. The van der Waals surface area contributed by atoms with Crippen molar-refractivity contribution in [3.8, 4) is 0 Å². The van der Waals surface area contributed by atoms with Crippen molar-refractivity contribution in [3.63, 3.8) is 0 Å². The summed E-state index contributed by atoms with van der Waals surface area (Å²) in [6.45, 7) is 4.88. The molecule has 2 N–H and O–H groups in total. The maximum atomic E-state index is 5.89. The van der Waals surface area contributed by atoms with Gasteiger partial charge in [0.05, 0.1) is 18.6 Å². The van der Waals surface area contributed by atoms with Crippen molar-refractivity contribution in [2.24, 2.45) is 0 Å². The van der Waals surface area contributed by atoms with E-state index in [1.54, 1.807) is 0 Å². The van der Waals surface area contributed by atoms with Crippen molar-refractivity contribution in [2.75, 3.05) is 5.73 Å². The highest BCUT2D eigenvalue weighted by Crippen LogP contribution is 2.14. The number of hydrogen-bond acceptors (Lipinski definition) is 2. The molecule has 0 unspecified atom stereocenters. The first-order valence-corrected chi connectivity index (χ1v) is 5.00. The highest BCUT2D eigenvalue weighted by molar-refractivity contribution is 5.46. The summed E-state index contributed by atoms with van der Waals surface area (Å²) in [5.41, 5.74) is 10.1. The van der Waals surface area contributed by atoms with Gasteiger partial charge in [0.2, 0.25) is 0 Å². The Morgan fingerprint density at radius 2 is 2.00 bits per heavy atom. The maximum absolute atomic E-state index is 5.89. The number of aryl methyl sites for hydroxylation is 1. The first kappa shape index (κ1) is 9.77. The van der Waals surface area contributed by atoms with Gasteiger partial charge in [0, 0.05) is 11.4 Å². The molecule has 0 radical (unpaired) electrons. The van der Waals surface area contributed by atoms with Gasteiger partial charge in [-0.3, -0.25) is 0 Å². The molecule has 0 aliphatic rings. The molecule has 15 heavy (non-hydrogen) atoms. The molecule has 0 saturated heterocycles. The van der Waals surface area contributed by atoms with Crippen LogP contribution < -0.4 is 5.73 Å². The van der Waals surface area contributed by atoms with Crippen LogP contribution >= 0.6 is 0 Å². The predicted molar refractivity (Wildman–Crippen MR) is 61.7 cm³/mol. The summed E-state index contributed by atoms with van der Waals surface area (Å²) >= 11 is 0. The molecule has 0 fully saturated rings. The second-order valence-corrected chi connectivity index (χ2v) is 3.74. The summed E-state index contributed by atoms with van der Waals surface area (Å²) in [4.78, 5) is 4.26. The second-order valence-electron chi connectivity index (χ2n) is 3.74. The quantitative estimate of drug-likeness (QED) is 0.756. The number of imidazole rings is 1. The van der Waals surface area contributed by atoms with Crippen LogP contribution in [0.4, 0.5) is 5.69 Å². The SMILES string of the molecule is Cc1ncn(Cc2ccccc2N)c1C. The molecule has 3 nitrogen and oxygen atoms in total. The molecule has 1 heterocycles. The number of aromatic nitrogens is 2. The van der Waals surface area contributed by atoms with Gasteiger partial charge in [-0.25, -0.2) is 4.98 Å². The molecular formula is C12H15N3. The molecule has 0 saturated carbocycles. The number of para-hydroxylation sites is 1. The predicted octanol–water partition coefficient (Wildman–Crippen LogP) is 2.13. The molecule has 2 rings (SSSR count). The van der Waals surface area contributed by atoms with E-state index in [0.29, 0.717) is 0 Å². The van der Waals surface area contributed by atoms with Crippen molar-refractivity contribution in [2.45, 2.75) is 20.4 Å². The Bertz CT molecular complexity index is 471. The zero-order chi connectivity index (χ0) is 10.8. The van der Waals surface area contributed by atoms with Gasteiger partial charge in [-0.1, -0.05) is 18.2 Å². The van der Waals surface area contributed by atoms with Gasteiger partial charge < -0.3 is 10.3 Å². The molecule has 3 heteroatoms. The first-order chi connectivity index (χ1) is 7.18. The van der Waals surface area contributed by atoms with E-state index in [2.05, 4.69) is 16.5 Å². The van der Waals surface area contributed by atoms with Crippen LogP contribution in [-0.2, 0) is 6.54 Å². The Labute approximate surface area is 89.6 Å². The molecule has 0 bridgehead atoms. The van der Waals surface area contributed by atoms with Gasteiger partial charge in [-0.05, 0) is 25.5 Å². The van der Waals surface area contributed by atoms with Crippen LogP contribution in [0, 0.1) is 13.8 Å². The molecule has 2 aromatic rings. The van der Waals surface area contributed by atoms with Gasteiger partial charge in [-0.2, -0.15) is 0 Å². The molecule has 0 aliphatic carbocycles. The van der Waals surface area contributed by atoms with E-state index in [0.717, 1.165) is 23.5 Å². The van der Waals surface area contributed by atoms with E-state index in [4.69, 9.17) is 5.73 Å². The van der Waals surface area contributed by atoms with Crippen LogP contribution in [-0.4, -0.2) is 9.55 Å². The van der Waals surface area contributed by atoms with Crippen LogP contribution in [0.25, 0.3) is 0 Å². The number of benzene rings is 1. The average Bonchev–Trinajstić information content (AvgIpc) is 2.53. The Kier molecular flexibility index (Phi) is 2.46. The van der Waals surface area contributed by atoms with Gasteiger partial charge in [0.1, 0.15) is 0 Å². The molecule has 1 aromatic carbocycles.